The molecule has 0 atom stereocenters. The van der Waals surface area contributed by atoms with Crippen LogP contribution in [0.3, 0.4) is 0 Å². The lowest BCUT2D eigenvalue weighted by Gasteiger charge is -2.14. The van der Waals surface area contributed by atoms with E-state index < -0.39 is 0 Å². The molecule has 1 N–H and O–H groups in total. The van der Waals surface area contributed by atoms with E-state index in [4.69, 9.17) is 4.74 Å². The highest BCUT2D eigenvalue weighted by Gasteiger charge is 2.16. The summed E-state index contributed by atoms with van der Waals surface area (Å²) >= 11 is 0. The predicted molar refractivity (Wildman–Crippen MR) is 60.8 cm³/mol. The zero-order valence-electron chi connectivity index (χ0n) is 8.96. The first-order chi connectivity index (χ1) is 7.42. The molecule has 2 nitrogen and oxygen atoms in total. The molecular weight excluding hydrogens is 186 g/mol. The van der Waals surface area contributed by atoms with Gasteiger partial charge in [-0.05, 0) is 36.1 Å². The van der Waals surface area contributed by atoms with Crippen molar-refractivity contribution in [2.24, 2.45) is 0 Å². The highest BCUT2D eigenvalue weighted by Crippen LogP contribution is 2.26. The van der Waals surface area contributed by atoms with E-state index in [1.807, 2.05) is 0 Å². The molecule has 0 aromatic heterocycles. The van der Waals surface area contributed by atoms with Gasteiger partial charge < -0.3 is 10.1 Å². The van der Waals surface area contributed by atoms with Gasteiger partial charge in [-0.2, -0.15) is 0 Å². The predicted octanol–water partition coefficient (Wildman–Crippen LogP) is 3.07. The maximum absolute atomic E-state index is 5.41. The molecule has 0 saturated heterocycles. The van der Waals surface area contributed by atoms with Crippen molar-refractivity contribution in [2.75, 3.05) is 5.32 Å². The third-order valence-corrected chi connectivity index (χ3v) is 3.45. The van der Waals surface area contributed by atoms with Crippen LogP contribution in [-0.2, 0) is 18.0 Å². The summed E-state index contributed by atoms with van der Waals surface area (Å²) in [6.07, 6.45) is 5.42. The van der Waals surface area contributed by atoms with Crippen LogP contribution < -0.4 is 5.32 Å². The minimum absolute atomic E-state index is 0.699. The summed E-state index contributed by atoms with van der Waals surface area (Å²) in [6.45, 7) is 1.58. The van der Waals surface area contributed by atoms with Crippen LogP contribution in [0, 0.1) is 0 Å². The molecule has 80 valence electrons. The molecule has 2 heteroatoms. The fourth-order valence-electron chi connectivity index (χ4n) is 2.57. The number of ether oxygens (including phenoxy) is 1. The number of fused-ring (bicyclic) bond motifs is 1. The topological polar surface area (TPSA) is 21.3 Å². The summed E-state index contributed by atoms with van der Waals surface area (Å²) in [4.78, 5) is 0. The Morgan fingerprint density at radius 3 is 2.73 bits per heavy atom. The van der Waals surface area contributed by atoms with Crippen LogP contribution in [0.1, 0.15) is 36.8 Å². The van der Waals surface area contributed by atoms with Gasteiger partial charge in [0.05, 0.1) is 13.2 Å². The highest BCUT2D eigenvalue weighted by atomic mass is 16.5. The first-order valence-electron chi connectivity index (χ1n) is 5.88. The van der Waals surface area contributed by atoms with Gasteiger partial charge >= 0.3 is 0 Å². The Labute approximate surface area is 90.6 Å². The van der Waals surface area contributed by atoms with Crippen molar-refractivity contribution < 1.29 is 4.74 Å². The van der Waals surface area contributed by atoms with Crippen molar-refractivity contribution in [3.63, 3.8) is 0 Å². The molecular formula is C13H17NO. The molecule has 1 fully saturated rings. The summed E-state index contributed by atoms with van der Waals surface area (Å²) in [5.41, 5.74) is 3.98. The lowest BCUT2D eigenvalue weighted by atomic mass is 10.1. The molecule has 0 radical (unpaired) electrons. The van der Waals surface area contributed by atoms with E-state index in [2.05, 4.69) is 23.5 Å². The Bertz CT molecular complexity index is 356. The van der Waals surface area contributed by atoms with Crippen LogP contribution in [0.5, 0.6) is 0 Å². The van der Waals surface area contributed by atoms with Crippen molar-refractivity contribution in [3.8, 4) is 0 Å². The second-order valence-electron chi connectivity index (χ2n) is 4.60. The number of hydrogen-bond donors (Lipinski definition) is 1. The third kappa shape index (κ3) is 1.86. The zero-order chi connectivity index (χ0) is 10.1. The fraction of sp³-hybridized carbons (Fsp3) is 0.538. The van der Waals surface area contributed by atoms with Gasteiger partial charge in [0.15, 0.2) is 0 Å². The molecule has 1 aliphatic carbocycles. The molecule has 1 aromatic rings. The maximum atomic E-state index is 5.41. The van der Waals surface area contributed by atoms with Gasteiger partial charge in [-0.3, -0.25) is 0 Å². The normalized spacial score (nSPS) is 20.5. The number of anilines is 1. The number of hydrogen-bond acceptors (Lipinski definition) is 2. The van der Waals surface area contributed by atoms with E-state index in [0.717, 1.165) is 13.2 Å². The second kappa shape index (κ2) is 3.86. The lowest BCUT2D eigenvalue weighted by Crippen LogP contribution is -2.14. The number of nitrogens with one attached hydrogen (secondary N) is 1. The number of rotatable bonds is 2. The van der Waals surface area contributed by atoms with Gasteiger partial charge in [-0.25, -0.2) is 0 Å². The average molecular weight is 203 g/mol. The van der Waals surface area contributed by atoms with E-state index >= 15 is 0 Å². The van der Waals surface area contributed by atoms with Gasteiger partial charge in [0.2, 0.25) is 0 Å². The summed E-state index contributed by atoms with van der Waals surface area (Å²) in [6, 6.07) is 7.33. The minimum Gasteiger partial charge on any atom is -0.382 e. The van der Waals surface area contributed by atoms with Gasteiger partial charge in [0.25, 0.3) is 0 Å². The molecule has 0 spiro atoms. The molecule has 0 unspecified atom stereocenters. The molecule has 0 bridgehead atoms. The van der Waals surface area contributed by atoms with Crippen molar-refractivity contribution >= 4 is 5.69 Å². The Balaban J connectivity index is 1.75. The summed E-state index contributed by atoms with van der Waals surface area (Å²) in [5, 5.41) is 3.62. The molecule has 15 heavy (non-hydrogen) atoms. The largest absolute Gasteiger partial charge is 0.382 e. The molecule has 1 aromatic carbocycles. The molecule has 0 amide bonds. The Morgan fingerprint density at radius 2 is 1.87 bits per heavy atom. The molecule has 2 aliphatic rings. The summed E-state index contributed by atoms with van der Waals surface area (Å²) in [7, 11) is 0. The van der Waals surface area contributed by atoms with Crippen molar-refractivity contribution in [1.29, 1.82) is 0 Å². The molecule has 1 heterocycles. The van der Waals surface area contributed by atoms with Gasteiger partial charge in [-0.1, -0.05) is 18.9 Å². The van der Waals surface area contributed by atoms with Crippen LogP contribution in [0.15, 0.2) is 18.2 Å². The Hall–Kier alpha value is -1.02. The zero-order valence-corrected chi connectivity index (χ0v) is 8.96. The molecule has 1 aliphatic heterocycles. The van der Waals surface area contributed by atoms with E-state index in [1.54, 1.807) is 0 Å². The van der Waals surface area contributed by atoms with E-state index in [9.17, 15) is 0 Å². The fourth-order valence-corrected chi connectivity index (χ4v) is 2.57. The first kappa shape index (κ1) is 9.22. The van der Waals surface area contributed by atoms with E-state index in [1.165, 1.54) is 42.5 Å². The van der Waals surface area contributed by atoms with Crippen LogP contribution in [0.4, 0.5) is 5.69 Å². The first-order valence-corrected chi connectivity index (χ1v) is 5.88. The monoisotopic (exact) mass is 203 g/mol. The Kier molecular flexibility index (Phi) is 2.37. The molecule has 3 rings (SSSR count). The second-order valence-corrected chi connectivity index (χ2v) is 4.60. The molecule has 1 saturated carbocycles. The van der Waals surface area contributed by atoms with Crippen molar-refractivity contribution in [3.05, 3.63) is 29.3 Å². The SMILES string of the molecule is c1cc2c(cc1NC1CCCC1)COC2. The van der Waals surface area contributed by atoms with Crippen LogP contribution in [0.2, 0.25) is 0 Å². The minimum atomic E-state index is 0.699. The maximum Gasteiger partial charge on any atom is 0.0725 e. The van der Waals surface area contributed by atoms with Gasteiger partial charge in [-0.15, -0.1) is 0 Å². The highest BCUT2D eigenvalue weighted by molar-refractivity contribution is 5.50. The Morgan fingerprint density at radius 1 is 1.07 bits per heavy atom. The van der Waals surface area contributed by atoms with Gasteiger partial charge in [0.1, 0.15) is 0 Å². The number of benzene rings is 1. The third-order valence-electron chi connectivity index (χ3n) is 3.45. The average Bonchev–Trinajstić information content (AvgIpc) is 2.87. The summed E-state index contributed by atoms with van der Waals surface area (Å²) in [5.74, 6) is 0. The van der Waals surface area contributed by atoms with Crippen LogP contribution in [-0.4, -0.2) is 6.04 Å². The van der Waals surface area contributed by atoms with E-state index in [-0.39, 0.29) is 0 Å². The standard InChI is InChI=1S/C13H17NO/c1-2-4-12(3-1)14-13-6-5-10-8-15-9-11(10)7-13/h5-7,12,14H,1-4,8-9H2. The van der Waals surface area contributed by atoms with Crippen molar-refractivity contribution in [2.45, 2.75) is 44.9 Å². The smallest absolute Gasteiger partial charge is 0.0725 e. The van der Waals surface area contributed by atoms with Crippen molar-refractivity contribution in [1.82, 2.24) is 0 Å². The van der Waals surface area contributed by atoms with Gasteiger partial charge in [0, 0.05) is 11.7 Å². The van der Waals surface area contributed by atoms with Crippen LogP contribution in [0.25, 0.3) is 0 Å². The quantitative estimate of drug-likeness (QED) is 0.797. The summed E-state index contributed by atoms with van der Waals surface area (Å²) < 4.78 is 5.41. The van der Waals surface area contributed by atoms with E-state index in [0.29, 0.717) is 6.04 Å². The lowest BCUT2D eigenvalue weighted by molar-refractivity contribution is 0.134. The van der Waals surface area contributed by atoms with Crippen LogP contribution >= 0.6 is 0 Å².